The fourth-order valence-corrected chi connectivity index (χ4v) is 17.5. The Hall–Kier alpha value is -9.38. The summed E-state index contributed by atoms with van der Waals surface area (Å²) >= 11 is -3.78. The fraction of sp³-hybridized carbons (Fsp3) is 0.494. The van der Waals surface area contributed by atoms with Gasteiger partial charge in [-0.2, -0.15) is 8.42 Å². The molecule has 9 aromatic rings. The van der Waals surface area contributed by atoms with Crippen molar-refractivity contribution in [3.05, 3.63) is 177 Å². The lowest BCUT2D eigenvalue weighted by Gasteiger charge is -2.38. The molecule has 4 aromatic heterocycles. The molecule has 0 spiro atoms. The van der Waals surface area contributed by atoms with Crippen LogP contribution in [0.15, 0.2) is 109 Å². The standard InChI is InChI=1S/C33H39N5O5S.C31H37N5O2S.C23H39NO2/c1-18-8-11-29(42-23(6)33(39)40)30(14-18)43-44(41)37-27-15-24(10-9-20(27)3)31-35-32-26(28(34-7)17-38(32)36-31)16-25-21(4)12-19(2)13-22(25)5;1-18-8-9-21(4)29(14-18)38-39(37)35-27-15-24(11-10-20(27)3)30-33-31-26(28(32-7)17-36(31)34-30)16-25-22(5)12-19(2)13-23(25)6;1-3-5-7-9-10-12-16-20(15-11-8-6-4-2)19-26-22-18-14-13-17-21(22)23(24)25/h8-11,14-15,17,19,21-23,25,37H,12-13,16H2,1-6H3,(H,35,36)(H,39,40);8-11,14-15,17,19,22-23,25,35H,12-13,16H2,1-6H3,(H,33,34);13-14,17-18,20H,3-12,15-16,19H2,1-2H3,(H2,24,25). The molecule has 2 saturated carbocycles. The summed E-state index contributed by atoms with van der Waals surface area (Å²) in [7, 11) is 0. The molecule has 0 aliphatic heterocycles. The van der Waals surface area contributed by atoms with Gasteiger partial charge in [-0.15, -0.1) is 0 Å². The fourth-order valence-electron chi connectivity index (χ4n) is 16.0. The number of carboxylic acid groups (broad SMARTS) is 1. The molecule has 2 aliphatic carbocycles. The Morgan fingerprint density at radius 2 is 1.03 bits per heavy atom. The SMILES string of the molecule is CCCCCCCCC(CCCCCC)COc1ccccc1C(N)=O.[C-]#[N+]c1cn2[nH]c(-c3ccc(C)c(NS(=O)Oc4cc(C)ccc4C)c3)nc2c1CC1C(C)CC(C)CC1C.[C-]#[N+]c1cn2[nH]c(-c3ccc(C)c(NS(=O)Oc4cc(C)ccc4OC(C)C(=O)O)c3)nc2c1CC1C(C)CC(C)CC1C. The average Bonchev–Trinajstić information content (AvgIpc) is 1.62. The van der Waals surface area contributed by atoms with Gasteiger partial charge in [0.15, 0.2) is 29.3 Å². The molecular formula is C87H115N11O9S2. The van der Waals surface area contributed by atoms with Gasteiger partial charge in [0.2, 0.25) is 11.4 Å². The van der Waals surface area contributed by atoms with E-state index in [4.69, 9.17) is 46.7 Å². The molecule has 8 atom stereocenters. The maximum absolute atomic E-state index is 13.1. The van der Waals surface area contributed by atoms with Crippen LogP contribution in [0.2, 0.25) is 0 Å². The van der Waals surface area contributed by atoms with Gasteiger partial charge in [0, 0.05) is 34.6 Å². The van der Waals surface area contributed by atoms with E-state index in [1.165, 1.54) is 110 Å². The Morgan fingerprint density at radius 1 is 0.587 bits per heavy atom. The van der Waals surface area contributed by atoms with Crippen LogP contribution in [0, 0.1) is 101 Å². The normalized spacial score (nSPS) is 19.4. The van der Waals surface area contributed by atoms with E-state index in [1.807, 2.05) is 129 Å². The number of hydrogen-bond donors (Lipinski definition) is 6. The molecule has 0 bridgehead atoms. The second kappa shape index (κ2) is 39.8. The average molecular weight is 1520 g/mol. The van der Waals surface area contributed by atoms with Crippen LogP contribution in [0.3, 0.4) is 0 Å². The lowest BCUT2D eigenvalue weighted by molar-refractivity contribution is -0.144. The summed E-state index contributed by atoms with van der Waals surface area (Å²) in [6, 6.07) is 29.7. The first kappa shape index (κ1) is 83.7. The predicted octanol–water partition coefficient (Wildman–Crippen LogP) is 21.5. The van der Waals surface area contributed by atoms with Crippen LogP contribution in [0.5, 0.6) is 23.0 Å². The highest BCUT2D eigenvalue weighted by molar-refractivity contribution is 7.82. The number of benzene rings is 5. The summed E-state index contributed by atoms with van der Waals surface area (Å²) in [5, 5.41) is 15.9. The van der Waals surface area contributed by atoms with E-state index in [9.17, 15) is 23.1 Å². The Bertz CT molecular complexity index is 4650. The molecule has 2 aliphatic rings. The van der Waals surface area contributed by atoms with Gasteiger partial charge >= 0.3 is 28.5 Å². The molecule has 20 nitrogen and oxygen atoms in total. The number of aryl methyl sites for hydroxylation is 5. The van der Waals surface area contributed by atoms with Crippen LogP contribution in [-0.2, 0) is 40.2 Å². The maximum Gasteiger partial charge on any atom is 0.344 e. The van der Waals surface area contributed by atoms with Crippen molar-refractivity contribution in [2.24, 2.45) is 59.0 Å². The van der Waals surface area contributed by atoms with Gasteiger partial charge in [0.25, 0.3) is 5.91 Å². The molecule has 0 radical (unpaired) electrons. The van der Waals surface area contributed by atoms with Crippen LogP contribution >= 0.6 is 0 Å². The maximum atomic E-state index is 13.1. The largest absolute Gasteiger partial charge is 0.492 e. The van der Waals surface area contributed by atoms with E-state index in [-0.39, 0.29) is 11.5 Å². The van der Waals surface area contributed by atoms with Crippen molar-refractivity contribution in [2.75, 3.05) is 16.1 Å². The van der Waals surface area contributed by atoms with Crippen LogP contribution in [-0.4, -0.2) is 67.3 Å². The Balaban J connectivity index is 0.000000195. The summed E-state index contributed by atoms with van der Waals surface area (Å²) in [5.41, 5.74) is 18.3. The van der Waals surface area contributed by atoms with E-state index in [1.54, 1.807) is 24.3 Å². The molecule has 0 saturated heterocycles. The summed E-state index contributed by atoms with van der Waals surface area (Å²) in [6.07, 6.45) is 24.7. The lowest BCUT2D eigenvalue weighted by Crippen LogP contribution is -2.30. The Labute approximate surface area is 651 Å². The van der Waals surface area contributed by atoms with Gasteiger partial charge in [-0.05, 0) is 216 Å². The molecule has 7 N–H and O–H groups in total. The number of amides is 1. The number of nitrogens with zero attached hydrogens (tertiary/aromatic N) is 6. The third kappa shape index (κ3) is 22.9. The molecule has 22 heteroatoms. The number of anilines is 2. The number of carbonyl (C=O) groups is 2. The monoisotopic (exact) mass is 1520 g/mol. The van der Waals surface area contributed by atoms with E-state index in [2.05, 4.69) is 84.7 Å². The first-order valence-electron chi connectivity index (χ1n) is 39.2. The Kier molecular flexibility index (Phi) is 30.6. The van der Waals surface area contributed by atoms with Crippen molar-refractivity contribution in [1.29, 1.82) is 0 Å². The second-order valence-corrected chi connectivity index (χ2v) is 32.9. The highest BCUT2D eigenvalue weighted by atomic mass is 32.2. The number of nitrogens with two attached hydrogens (primary N) is 1. The topological polar surface area (TPSA) is 250 Å². The van der Waals surface area contributed by atoms with Crippen molar-refractivity contribution in [1.82, 2.24) is 29.2 Å². The van der Waals surface area contributed by atoms with Crippen molar-refractivity contribution < 1.29 is 41.0 Å². The number of ether oxygens (including phenoxy) is 2. The number of rotatable bonds is 33. The molecular weight excluding hydrogens is 1410 g/mol. The number of nitrogens with one attached hydrogen (secondary N) is 4. The molecule has 1 amide bonds. The quantitative estimate of drug-likeness (QED) is 0.0167. The minimum Gasteiger partial charge on any atom is -0.492 e. The lowest BCUT2D eigenvalue weighted by atomic mass is 9.67. The summed E-state index contributed by atoms with van der Waals surface area (Å²) in [6.45, 7) is 45.8. The molecule has 4 heterocycles. The minimum absolute atomic E-state index is 0.165. The highest BCUT2D eigenvalue weighted by Gasteiger charge is 2.35. The number of hydrogen-bond acceptors (Lipinski definition) is 10. The number of H-pyrrole nitrogens is 2. The van der Waals surface area contributed by atoms with E-state index in [0.29, 0.717) is 99.5 Å². The van der Waals surface area contributed by atoms with Gasteiger partial charge in [0.1, 0.15) is 22.8 Å². The number of carboxylic acids is 1. The van der Waals surface area contributed by atoms with Crippen molar-refractivity contribution in [3.8, 4) is 45.8 Å². The minimum atomic E-state index is -2.02. The van der Waals surface area contributed by atoms with Crippen molar-refractivity contribution in [3.63, 3.8) is 0 Å². The highest BCUT2D eigenvalue weighted by Crippen LogP contribution is 2.45. The summed E-state index contributed by atoms with van der Waals surface area (Å²) in [5.74, 6) is 6.82. The van der Waals surface area contributed by atoms with Crippen LogP contribution in [0.25, 0.3) is 43.8 Å². The number of aliphatic carboxylic acids is 1. The predicted molar refractivity (Wildman–Crippen MR) is 440 cm³/mol. The van der Waals surface area contributed by atoms with Crippen LogP contribution < -0.4 is 33.0 Å². The summed E-state index contributed by atoms with van der Waals surface area (Å²) in [4.78, 5) is 40.4. The van der Waals surface area contributed by atoms with Gasteiger partial charge in [-0.1, -0.05) is 174 Å². The third-order valence-electron chi connectivity index (χ3n) is 22.0. The molecule has 109 heavy (non-hydrogen) atoms. The Morgan fingerprint density at radius 3 is 1.50 bits per heavy atom. The van der Waals surface area contributed by atoms with E-state index in [0.717, 1.165) is 86.0 Å². The molecule has 11 rings (SSSR count). The number of para-hydroxylation sites is 1. The van der Waals surface area contributed by atoms with Crippen LogP contribution in [0.1, 0.15) is 214 Å². The zero-order valence-electron chi connectivity index (χ0n) is 66.4. The second-order valence-electron chi connectivity index (χ2n) is 31.2. The third-order valence-corrected chi connectivity index (χ3v) is 23.5. The number of fused-ring (bicyclic) bond motifs is 2. The van der Waals surface area contributed by atoms with Gasteiger partial charge in [0.05, 0.1) is 36.7 Å². The van der Waals surface area contributed by atoms with Gasteiger partial charge in [-0.3, -0.25) is 33.5 Å². The number of aromatic amines is 2. The smallest absolute Gasteiger partial charge is 0.344 e. The number of unbranched alkanes of at least 4 members (excludes halogenated alkanes) is 8. The van der Waals surface area contributed by atoms with E-state index >= 15 is 0 Å². The molecule has 584 valence electrons. The molecule has 2 fully saturated rings. The number of primary amides is 1. The number of carbonyl (C=O) groups excluding carboxylic acids is 1. The molecule has 5 aromatic carbocycles. The first-order chi connectivity index (χ1) is 52.2. The van der Waals surface area contributed by atoms with Gasteiger partial charge < -0.3 is 28.7 Å². The summed E-state index contributed by atoms with van der Waals surface area (Å²) < 4.78 is 58.4. The van der Waals surface area contributed by atoms with Crippen molar-refractivity contribution >= 4 is 68.5 Å². The van der Waals surface area contributed by atoms with Crippen LogP contribution in [0.4, 0.5) is 22.7 Å². The van der Waals surface area contributed by atoms with Crippen molar-refractivity contribution in [2.45, 2.75) is 219 Å². The van der Waals surface area contributed by atoms with E-state index < -0.39 is 40.5 Å². The zero-order valence-corrected chi connectivity index (χ0v) is 68.0. The van der Waals surface area contributed by atoms with Gasteiger partial charge in [-0.25, -0.2) is 24.5 Å². The number of aromatic nitrogens is 6. The first-order valence-corrected chi connectivity index (χ1v) is 41.4. The molecule has 8 unspecified atom stereocenters. The zero-order chi connectivity index (χ0) is 78.6.